The van der Waals surface area contributed by atoms with Crippen LogP contribution in [0.4, 0.5) is 5.69 Å². The normalized spacial score (nSPS) is 10.8. The molecule has 3 N–H and O–H groups in total. The molecule has 80 valence electrons. The molecule has 2 aromatic carbocycles. The molecule has 16 heavy (non-hydrogen) atoms. The summed E-state index contributed by atoms with van der Waals surface area (Å²) in [6.07, 6.45) is 3.81. The van der Waals surface area contributed by atoms with E-state index < -0.39 is 0 Å². The van der Waals surface area contributed by atoms with Crippen LogP contribution >= 0.6 is 0 Å². The number of phenols is 1. The highest BCUT2D eigenvalue weighted by atomic mass is 16.3. The second-order valence-corrected chi connectivity index (χ2v) is 3.56. The molecule has 2 nitrogen and oxygen atoms in total. The van der Waals surface area contributed by atoms with Crippen LogP contribution in [0.15, 0.2) is 48.5 Å². The largest absolute Gasteiger partial charge is 0.507 e. The van der Waals surface area contributed by atoms with Gasteiger partial charge in [-0.2, -0.15) is 0 Å². The summed E-state index contributed by atoms with van der Waals surface area (Å²) >= 11 is 0. The molecule has 0 fully saturated rings. The van der Waals surface area contributed by atoms with Crippen molar-refractivity contribution < 1.29 is 5.11 Å². The highest BCUT2D eigenvalue weighted by Crippen LogP contribution is 2.18. The summed E-state index contributed by atoms with van der Waals surface area (Å²) in [5, 5.41) is 9.56. The molecule has 0 aliphatic rings. The van der Waals surface area contributed by atoms with Gasteiger partial charge in [0.1, 0.15) is 5.75 Å². The van der Waals surface area contributed by atoms with Crippen LogP contribution < -0.4 is 5.73 Å². The van der Waals surface area contributed by atoms with Gasteiger partial charge in [0.15, 0.2) is 0 Å². The lowest BCUT2D eigenvalue weighted by atomic mass is 10.1. The lowest BCUT2D eigenvalue weighted by Gasteiger charge is -1.98. The smallest absolute Gasteiger partial charge is 0.122 e. The maximum Gasteiger partial charge on any atom is 0.122 e. The van der Waals surface area contributed by atoms with Gasteiger partial charge in [0.05, 0.1) is 0 Å². The third kappa shape index (κ3) is 2.42. The summed E-state index contributed by atoms with van der Waals surface area (Å²) in [6.45, 7) is 0. The van der Waals surface area contributed by atoms with Crippen LogP contribution in [0.1, 0.15) is 11.1 Å². The maximum atomic E-state index is 9.56. The minimum absolute atomic E-state index is 0.286. The molecule has 2 aromatic rings. The Kier molecular flexibility index (Phi) is 2.92. The van der Waals surface area contributed by atoms with Crippen LogP contribution in [0.25, 0.3) is 12.2 Å². The zero-order chi connectivity index (χ0) is 11.4. The number of hydrogen-bond acceptors (Lipinski definition) is 2. The summed E-state index contributed by atoms with van der Waals surface area (Å²) in [5.74, 6) is 0.286. The van der Waals surface area contributed by atoms with E-state index >= 15 is 0 Å². The fourth-order valence-corrected chi connectivity index (χ4v) is 1.42. The molecule has 0 atom stereocenters. The number of nitrogen functional groups attached to an aromatic ring is 1. The van der Waals surface area contributed by atoms with Crippen molar-refractivity contribution in [2.24, 2.45) is 0 Å². The molecule has 0 saturated heterocycles. The second kappa shape index (κ2) is 4.53. The molecule has 2 heteroatoms. The predicted octanol–water partition coefficient (Wildman–Crippen LogP) is 3.14. The third-order valence-corrected chi connectivity index (χ3v) is 2.33. The molecule has 0 aromatic heterocycles. The van der Waals surface area contributed by atoms with Crippen LogP contribution in [-0.4, -0.2) is 5.11 Å². The molecule has 0 heterocycles. The fraction of sp³-hybridized carbons (Fsp3) is 0. The van der Waals surface area contributed by atoms with Gasteiger partial charge in [0.25, 0.3) is 0 Å². The number of aromatic hydroxyl groups is 1. The Morgan fingerprint density at radius 3 is 2.25 bits per heavy atom. The summed E-state index contributed by atoms with van der Waals surface area (Å²) in [5.41, 5.74) is 8.20. The Morgan fingerprint density at radius 2 is 1.56 bits per heavy atom. The third-order valence-electron chi connectivity index (χ3n) is 2.33. The molecule has 0 saturated carbocycles. The standard InChI is InChI=1S/C14H13NO/c15-13-9-6-11(7-10-13)5-8-12-3-1-2-4-14(12)16/h1-10,16H,15H2/b8-5+. The summed E-state index contributed by atoms with van der Waals surface area (Å²) in [7, 11) is 0. The summed E-state index contributed by atoms with van der Waals surface area (Å²) in [6, 6.07) is 14.8. The van der Waals surface area contributed by atoms with Crippen molar-refractivity contribution in [2.75, 3.05) is 5.73 Å². The molecule has 0 bridgehead atoms. The first-order valence-electron chi connectivity index (χ1n) is 5.07. The van der Waals surface area contributed by atoms with E-state index in [0.29, 0.717) is 0 Å². The lowest BCUT2D eigenvalue weighted by Crippen LogP contribution is -1.82. The first-order chi connectivity index (χ1) is 7.75. The van der Waals surface area contributed by atoms with Crippen LogP contribution in [0.5, 0.6) is 5.75 Å². The van der Waals surface area contributed by atoms with Crippen molar-refractivity contribution in [3.63, 3.8) is 0 Å². The number of nitrogens with two attached hydrogens (primary N) is 1. The average Bonchev–Trinajstić information content (AvgIpc) is 2.30. The number of para-hydroxylation sites is 1. The lowest BCUT2D eigenvalue weighted by molar-refractivity contribution is 0.474. The molecular formula is C14H13NO. The zero-order valence-electron chi connectivity index (χ0n) is 8.80. The van der Waals surface area contributed by atoms with Gasteiger partial charge in [0.2, 0.25) is 0 Å². The van der Waals surface area contributed by atoms with E-state index in [4.69, 9.17) is 5.73 Å². The van der Waals surface area contributed by atoms with Crippen molar-refractivity contribution in [3.05, 3.63) is 59.7 Å². The molecule has 0 unspecified atom stereocenters. The predicted molar refractivity (Wildman–Crippen MR) is 67.9 cm³/mol. The maximum absolute atomic E-state index is 9.56. The fourth-order valence-electron chi connectivity index (χ4n) is 1.42. The topological polar surface area (TPSA) is 46.2 Å². The second-order valence-electron chi connectivity index (χ2n) is 3.56. The van der Waals surface area contributed by atoms with E-state index in [1.54, 1.807) is 12.1 Å². The van der Waals surface area contributed by atoms with Crippen molar-refractivity contribution >= 4 is 17.8 Å². The number of rotatable bonds is 2. The zero-order valence-corrected chi connectivity index (χ0v) is 8.80. The molecule has 0 aliphatic heterocycles. The highest BCUT2D eigenvalue weighted by molar-refractivity contribution is 5.72. The van der Waals surface area contributed by atoms with E-state index in [-0.39, 0.29) is 5.75 Å². The van der Waals surface area contributed by atoms with E-state index in [1.165, 1.54) is 0 Å². The van der Waals surface area contributed by atoms with Crippen molar-refractivity contribution in [1.29, 1.82) is 0 Å². The van der Waals surface area contributed by atoms with Gasteiger partial charge in [-0.05, 0) is 23.8 Å². The van der Waals surface area contributed by atoms with Crippen molar-refractivity contribution in [1.82, 2.24) is 0 Å². The highest BCUT2D eigenvalue weighted by Gasteiger charge is 1.93. The van der Waals surface area contributed by atoms with Gasteiger partial charge in [-0.3, -0.25) is 0 Å². The molecule has 0 amide bonds. The number of phenolic OH excluding ortho intramolecular Hbond substituents is 1. The van der Waals surface area contributed by atoms with Gasteiger partial charge >= 0.3 is 0 Å². The average molecular weight is 211 g/mol. The summed E-state index contributed by atoms with van der Waals surface area (Å²) in [4.78, 5) is 0. The van der Waals surface area contributed by atoms with Gasteiger partial charge in [-0.1, -0.05) is 42.5 Å². The van der Waals surface area contributed by atoms with Crippen LogP contribution in [0.2, 0.25) is 0 Å². The monoisotopic (exact) mass is 211 g/mol. The SMILES string of the molecule is Nc1ccc(/C=C/c2ccccc2O)cc1. The molecule has 0 aliphatic carbocycles. The van der Waals surface area contributed by atoms with Crippen molar-refractivity contribution in [2.45, 2.75) is 0 Å². The molecule has 0 radical (unpaired) electrons. The first kappa shape index (κ1) is 10.3. The van der Waals surface area contributed by atoms with Crippen LogP contribution in [0, 0.1) is 0 Å². The van der Waals surface area contributed by atoms with Gasteiger partial charge in [0, 0.05) is 11.3 Å². The number of benzene rings is 2. The molecule has 0 spiro atoms. The van der Waals surface area contributed by atoms with Crippen LogP contribution in [0.3, 0.4) is 0 Å². The number of anilines is 1. The Labute approximate surface area is 94.7 Å². The van der Waals surface area contributed by atoms with E-state index in [2.05, 4.69) is 0 Å². The van der Waals surface area contributed by atoms with Crippen molar-refractivity contribution in [3.8, 4) is 5.75 Å². The van der Waals surface area contributed by atoms with Gasteiger partial charge < -0.3 is 10.8 Å². The number of hydrogen-bond donors (Lipinski definition) is 2. The van der Waals surface area contributed by atoms with Gasteiger partial charge in [-0.15, -0.1) is 0 Å². The quantitative estimate of drug-likeness (QED) is 0.592. The first-order valence-corrected chi connectivity index (χ1v) is 5.07. The van der Waals surface area contributed by atoms with E-state index in [1.807, 2.05) is 48.6 Å². The Bertz CT molecular complexity index is 500. The summed E-state index contributed by atoms with van der Waals surface area (Å²) < 4.78 is 0. The Morgan fingerprint density at radius 1 is 0.875 bits per heavy atom. The molecular weight excluding hydrogens is 198 g/mol. The minimum atomic E-state index is 0.286. The van der Waals surface area contributed by atoms with E-state index in [0.717, 1.165) is 16.8 Å². The Hall–Kier alpha value is -2.22. The molecule has 2 rings (SSSR count). The van der Waals surface area contributed by atoms with Gasteiger partial charge in [-0.25, -0.2) is 0 Å². The van der Waals surface area contributed by atoms with Crippen LogP contribution in [-0.2, 0) is 0 Å². The Balaban J connectivity index is 2.21. The van der Waals surface area contributed by atoms with E-state index in [9.17, 15) is 5.11 Å². The minimum Gasteiger partial charge on any atom is -0.507 e.